The van der Waals surface area contributed by atoms with Crippen LogP contribution >= 0.6 is 0 Å². The van der Waals surface area contributed by atoms with E-state index >= 15 is 0 Å². The Morgan fingerprint density at radius 2 is 1.65 bits per heavy atom. The summed E-state index contributed by atoms with van der Waals surface area (Å²) in [5.41, 5.74) is 7.46. The third-order valence-corrected chi connectivity index (χ3v) is 5.21. The standard InChI is InChI=1S/C23H27FN4O3/c1-5-27(6-2)14-19-11-12-21(31-19)23(30)26-25-22(29)20-13-15(3)28(16(20)4)18-9-7-17(24)8-10-18/h7-13H,5-6,14H2,1-4H3,(H,25,29)(H,26,30). The largest absolute Gasteiger partial charge is 0.454 e. The Morgan fingerprint density at radius 1 is 1.00 bits per heavy atom. The molecular weight excluding hydrogens is 399 g/mol. The molecule has 7 nitrogen and oxygen atoms in total. The maximum absolute atomic E-state index is 13.2. The number of carbonyl (C=O) groups is 2. The lowest BCUT2D eigenvalue weighted by atomic mass is 10.2. The molecule has 3 aromatic rings. The van der Waals surface area contributed by atoms with E-state index in [1.165, 1.54) is 12.1 Å². The summed E-state index contributed by atoms with van der Waals surface area (Å²) in [5, 5.41) is 0. The quantitative estimate of drug-likeness (QED) is 0.564. The number of aryl methyl sites for hydroxylation is 1. The van der Waals surface area contributed by atoms with Gasteiger partial charge >= 0.3 is 5.91 Å². The van der Waals surface area contributed by atoms with Gasteiger partial charge in [-0.1, -0.05) is 13.8 Å². The van der Waals surface area contributed by atoms with Gasteiger partial charge in [0, 0.05) is 17.1 Å². The smallest absolute Gasteiger partial charge is 0.305 e. The number of furan rings is 1. The monoisotopic (exact) mass is 426 g/mol. The number of amides is 2. The summed E-state index contributed by atoms with van der Waals surface area (Å²) >= 11 is 0. The highest BCUT2D eigenvalue weighted by atomic mass is 19.1. The third-order valence-electron chi connectivity index (χ3n) is 5.21. The van der Waals surface area contributed by atoms with Gasteiger partial charge in [0.1, 0.15) is 11.6 Å². The first-order chi connectivity index (χ1) is 14.8. The maximum atomic E-state index is 13.2. The van der Waals surface area contributed by atoms with Crippen LogP contribution in [-0.2, 0) is 6.54 Å². The van der Waals surface area contributed by atoms with Gasteiger partial charge in [-0.25, -0.2) is 4.39 Å². The van der Waals surface area contributed by atoms with Gasteiger partial charge in [-0.3, -0.25) is 25.3 Å². The van der Waals surface area contributed by atoms with Crippen LogP contribution in [0.15, 0.2) is 46.9 Å². The average Bonchev–Trinajstić information content (AvgIpc) is 3.35. The highest BCUT2D eigenvalue weighted by Crippen LogP contribution is 2.21. The van der Waals surface area contributed by atoms with Crippen LogP contribution < -0.4 is 10.9 Å². The first-order valence-corrected chi connectivity index (χ1v) is 10.2. The van der Waals surface area contributed by atoms with E-state index in [1.807, 2.05) is 11.5 Å². The second-order valence-corrected chi connectivity index (χ2v) is 7.23. The van der Waals surface area contributed by atoms with Crippen molar-refractivity contribution in [3.05, 3.63) is 76.8 Å². The number of hydrogen-bond donors (Lipinski definition) is 2. The Bertz CT molecular complexity index is 1070. The average molecular weight is 426 g/mol. The van der Waals surface area contributed by atoms with Crippen molar-refractivity contribution in [2.24, 2.45) is 0 Å². The van der Waals surface area contributed by atoms with Gasteiger partial charge < -0.3 is 8.98 Å². The molecule has 0 unspecified atom stereocenters. The predicted octanol–water partition coefficient (Wildman–Crippen LogP) is 3.74. The fourth-order valence-electron chi connectivity index (χ4n) is 3.48. The number of benzene rings is 1. The summed E-state index contributed by atoms with van der Waals surface area (Å²) in [6.45, 7) is 10.1. The van der Waals surface area contributed by atoms with Crippen molar-refractivity contribution in [2.75, 3.05) is 13.1 Å². The number of rotatable bonds is 7. The molecule has 0 radical (unpaired) electrons. The molecule has 0 bridgehead atoms. The van der Waals surface area contributed by atoms with Crippen LogP contribution in [0.5, 0.6) is 0 Å². The van der Waals surface area contributed by atoms with E-state index in [0.717, 1.165) is 24.5 Å². The molecule has 2 N–H and O–H groups in total. The summed E-state index contributed by atoms with van der Waals surface area (Å²) in [4.78, 5) is 27.2. The van der Waals surface area contributed by atoms with Gasteiger partial charge in [-0.15, -0.1) is 0 Å². The number of nitrogens with one attached hydrogen (secondary N) is 2. The highest BCUT2D eigenvalue weighted by Gasteiger charge is 2.19. The molecule has 2 aromatic heterocycles. The molecule has 0 fully saturated rings. The van der Waals surface area contributed by atoms with Crippen LogP contribution in [0.25, 0.3) is 5.69 Å². The van der Waals surface area contributed by atoms with E-state index in [-0.39, 0.29) is 11.6 Å². The molecule has 0 saturated heterocycles. The zero-order valence-electron chi connectivity index (χ0n) is 18.2. The van der Waals surface area contributed by atoms with E-state index in [0.29, 0.717) is 23.6 Å². The van der Waals surface area contributed by atoms with Crippen LogP contribution in [0.1, 0.15) is 51.9 Å². The summed E-state index contributed by atoms with van der Waals surface area (Å²) in [6, 6.07) is 11.1. The molecule has 3 rings (SSSR count). The minimum atomic E-state index is -0.536. The number of hydrogen-bond acceptors (Lipinski definition) is 4. The Labute approximate surface area is 180 Å². The fourth-order valence-corrected chi connectivity index (χ4v) is 3.48. The molecular formula is C23H27FN4O3. The van der Waals surface area contributed by atoms with Crippen molar-refractivity contribution in [3.8, 4) is 5.69 Å². The molecule has 8 heteroatoms. The first-order valence-electron chi connectivity index (χ1n) is 10.2. The predicted molar refractivity (Wildman–Crippen MR) is 115 cm³/mol. The number of halogens is 1. The Hall–Kier alpha value is -3.39. The SMILES string of the molecule is CCN(CC)Cc1ccc(C(=O)NNC(=O)c2cc(C)n(-c3ccc(F)cc3)c2C)o1. The van der Waals surface area contributed by atoms with Crippen LogP contribution in [0.2, 0.25) is 0 Å². The van der Waals surface area contributed by atoms with E-state index in [9.17, 15) is 14.0 Å². The Balaban J connectivity index is 1.66. The van der Waals surface area contributed by atoms with Crippen molar-refractivity contribution >= 4 is 11.8 Å². The molecule has 2 heterocycles. The van der Waals surface area contributed by atoms with Crippen molar-refractivity contribution < 1.29 is 18.4 Å². The summed E-state index contributed by atoms with van der Waals surface area (Å²) in [5.74, 6) is -0.511. The Kier molecular flexibility index (Phi) is 6.91. The molecule has 2 amide bonds. The van der Waals surface area contributed by atoms with Crippen molar-refractivity contribution in [1.82, 2.24) is 20.3 Å². The molecule has 0 saturated carbocycles. The number of hydrazine groups is 1. The highest BCUT2D eigenvalue weighted by molar-refractivity contribution is 5.99. The van der Waals surface area contributed by atoms with Gasteiger partial charge in [0.2, 0.25) is 0 Å². The van der Waals surface area contributed by atoms with E-state index in [2.05, 4.69) is 29.6 Å². The van der Waals surface area contributed by atoms with E-state index < -0.39 is 11.8 Å². The second kappa shape index (κ2) is 9.61. The van der Waals surface area contributed by atoms with Crippen molar-refractivity contribution in [3.63, 3.8) is 0 Å². The van der Waals surface area contributed by atoms with Gasteiger partial charge in [0.15, 0.2) is 5.76 Å². The zero-order valence-corrected chi connectivity index (χ0v) is 18.2. The maximum Gasteiger partial charge on any atom is 0.305 e. The first kappa shape index (κ1) is 22.3. The molecule has 0 aliphatic heterocycles. The van der Waals surface area contributed by atoms with Crippen LogP contribution in [-0.4, -0.2) is 34.4 Å². The van der Waals surface area contributed by atoms with Crippen LogP contribution in [0, 0.1) is 19.7 Å². The van der Waals surface area contributed by atoms with Crippen LogP contribution in [0.4, 0.5) is 4.39 Å². The number of nitrogens with zero attached hydrogens (tertiary/aromatic N) is 2. The lowest BCUT2D eigenvalue weighted by Gasteiger charge is -2.15. The fraction of sp³-hybridized carbons (Fsp3) is 0.304. The number of carbonyl (C=O) groups excluding carboxylic acids is 2. The molecule has 0 atom stereocenters. The van der Waals surface area contributed by atoms with Crippen molar-refractivity contribution in [1.29, 1.82) is 0 Å². The minimum absolute atomic E-state index is 0.124. The van der Waals surface area contributed by atoms with Gasteiger partial charge in [0.05, 0.1) is 12.1 Å². The molecule has 0 aliphatic rings. The summed E-state index contributed by atoms with van der Waals surface area (Å²) in [6.07, 6.45) is 0. The van der Waals surface area contributed by atoms with Gasteiger partial charge in [0.25, 0.3) is 5.91 Å². The van der Waals surface area contributed by atoms with E-state index in [4.69, 9.17) is 4.42 Å². The minimum Gasteiger partial charge on any atom is -0.454 e. The zero-order chi connectivity index (χ0) is 22.5. The topological polar surface area (TPSA) is 79.5 Å². The molecule has 0 aliphatic carbocycles. The van der Waals surface area contributed by atoms with Crippen LogP contribution in [0.3, 0.4) is 0 Å². The summed E-state index contributed by atoms with van der Waals surface area (Å²) in [7, 11) is 0. The third kappa shape index (κ3) is 5.03. The molecule has 1 aromatic carbocycles. The Morgan fingerprint density at radius 3 is 2.29 bits per heavy atom. The van der Waals surface area contributed by atoms with Gasteiger partial charge in [-0.05, 0) is 69.4 Å². The lowest BCUT2D eigenvalue weighted by Crippen LogP contribution is -2.41. The molecule has 0 spiro atoms. The summed E-state index contributed by atoms with van der Waals surface area (Å²) < 4.78 is 20.7. The normalized spacial score (nSPS) is 11.0. The lowest BCUT2D eigenvalue weighted by molar-refractivity contribution is 0.0828. The molecule has 31 heavy (non-hydrogen) atoms. The van der Waals surface area contributed by atoms with E-state index in [1.54, 1.807) is 37.3 Å². The molecule has 164 valence electrons. The van der Waals surface area contributed by atoms with Gasteiger partial charge in [-0.2, -0.15) is 0 Å². The second-order valence-electron chi connectivity index (χ2n) is 7.23. The van der Waals surface area contributed by atoms with Crippen molar-refractivity contribution in [2.45, 2.75) is 34.2 Å². The number of aromatic nitrogens is 1.